The van der Waals surface area contributed by atoms with E-state index in [-0.39, 0.29) is 17.2 Å². The average molecular weight is 530 g/mol. The topological polar surface area (TPSA) is 37.3 Å². The van der Waals surface area contributed by atoms with Gasteiger partial charge in [-0.1, -0.05) is 85.8 Å². The molecule has 1 aromatic heterocycles. The Balaban J connectivity index is 1.47. The minimum Gasteiger partial charge on any atom is -0.359 e. The van der Waals surface area contributed by atoms with Gasteiger partial charge in [-0.25, -0.2) is 4.99 Å². The third-order valence-electron chi connectivity index (χ3n) is 7.31. The van der Waals surface area contributed by atoms with Gasteiger partial charge in [0, 0.05) is 28.5 Å². The third-order valence-corrected chi connectivity index (χ3v) is 7.31. The fraction of sp³-hybridized carbons (Fsp3) is 0.143. The van der Waals surface area contributed by atoms with E-state index in [1.165, 1.54) is 6.07 Å². The van der Waals surface area contributed by atoms with Crippen LogP contribution in [0.4, 0.5) is 8.78 Å². The van der Waals surface area contributed by atoms with Crippen LogP contribution in [0.1, 0.15) is 48.6 Å². The second kappa shape index (κ2) is 10.5. The Labute approximate surface area is 233 Å². The smallest absolute Gasteiger partial charge is 0.299 e. The summed E-state index contributed by atoms with van der Waals surface area (Å²) in [4.78, 5) is 9.41. The second-order valence-electron chi connectivity index (χ2n) is 9.92. The van der Waals surface area contributed by atoms with Crippen molar-refractivity contribution in [3.8, 4) is 22.4 Å². The van der Waals surface area contributed by atoms with Gasteiger partial charge in [-0.15, -0.1) is 0 Å². The van der Waals surface area contributed by atoms with Crippen LogP contribution in [-0.2, 0) is 5.92 Å². The van der Waals surface area contributed by atoms with Crippen LogP contribution in [-0.4, -0.2) is 10.8 Å². The molecule has 0 radical (unpaired) electrons. The van der Waals surface area contributed by atoms with Crippen molar-refractivity contribution in [2.75, 3.05) is 0 Å². The molecule has 0 fully saturated rings. The second-order valence-corrected chi connectivity index (χ2v) is 9.92. The van der Waals surface area contributed by atoms with E-state index in [9.17, 15) is 0 Å². The summed E-state index contributed by atoms with van der Waals surface area (Å²) in [5, 5.41) is 3.55. The first-order chi connectivity index (χ1) is 19.5. The predicted octanol–water partition coefficient (Wildman–Crippen LogP) is 8.76. The monoisotopic (exact) mass is 529 g/mol. The van der Waals surface area contributed by atoms with Gasteiger partial charge in [-0.2, -0.15) is 8.78 Å². The van der Waals surface area contributed by atoms with E-state index in [4.69, 9.17) is 4.99 Å². The first kappa shape index (κ1) is 25.6. The Morgan fingerprint density at radius 3 is 2.27 bits per heavy atom. The molecule has 198 valence electrons. The summed E-state index contributed by atoms with van der Waals surface area (Å²) in [6.07, 6.45) is 10.9. The first-order valence-corrected chi connectivity index (χ1v) is 13.5. The van der Waals surface area contributed by atoms with Gasteiger partial charge in [0.2, 0.25) is 0 Å². The Morgan fingerprint density at radius 1 is 0.900 bits per heavy atom. The Morgan fingerprint density at radius 2 is 1.60 bits per heavy atom. The molecule has 6 rings (SSSR count). The van der Waals surface area contributed by atoms with Crippen molar-refractivity contribution in [3.05, 3.63) is 149 Å². The molecule has 1 N–H and O–H groups in total. The number of pyridine rings is 1. The van der Waals surface area contributed by atoms with E-state index in [0.717, 1.165) is 40.1 Å². The highest BCUT2D eigenvalue weighted by Gasteiger charge is 2.44. The molecule has 0 amide bonds. The zero-order chi connectivity index (χ0) is 27.7. The van der Waals surface area contributed by atoms with Crippen molar-refractivity contribution in [1.29, 1.82) is 0 Å². The first-order valence-electron chi connectivity index (χ1n) is 13.5. The van der Waals surface area contributed by atoms with E-state index < -0.39 is 5.92 Å². The molecule has 3 nitrogen and oxygen atoms in total. The van der Waals surface area contributed by atoms with Gasteiger partial charge in [-0.3, -0.25) is 4.98 Å². The van der Waals surface area contributed by atoms with Crippen molar-refractivity contribution >= 4 is 5.84 Å². The molecule has 0 bridgehead atoms. The molecule has 0 saturated heterocycles. The molecule has 1 aliphatic carbocycles. The highest BCUT2D eigenvalue weighted by molar-refractivity contribution is 6.02. The van der Waals surface area contributed by atoms with Crippen LogP contribution >= 0.6 is 0 Å². The normalized spacial score (nSPS) is 17.6. The van der Waals surface area contributed by atoms with Gasteiger partial charge in [0.15, 0.2) is 0 Å². The van der Waals surface area contributed by atoms with Gasteiger partial charge < -0.3 is 5.32 Å². The number of halogens is 2. The summed E-state index contributed by atoms with van der Waals surface area (Å²) in [7, 11) is 0. The molecule has 1 unspecified atom stereocenters. The molecule has 1 atom stereocenters. The highest BCUT2D eigenvalue weighted by atomic mass is 19.3. The lowest BCUT2D eigenvalue weighted by Gasteiger charge is -2.25. The zero-order valence-corrected chi connectivity index (χ0v) is 22.4. The van der Waals surface area contributed by atoms with Gasteiger partial charge in [0.1, 0.15) is 5.84 Å². The van der Waals surface area contributed by atoms with Gasteiger partial charge in [-0.05, 0) is 65.9 Å². The number of amidine groups is 1. The van der Waals surface area contributed by atoms with Crippen LogP contribution in [0.25, 0.3) is 22.4 Å². The Hall–Kier alpha value is -4.64. The molecule has 1 aliphatic heterocycles. The van der Waals surface area contributed by atoms with Crippen LogP contribution in [0.5, 0.6) is 0 Å². The molecular formula is C35H29F2N3. The molecule has 3 aromatic carbocycles. The summed E-state index contributed by atoms with van der Waals surface area (Å²) in [5.41, 5.74) is 6.36. The molecule has 40 heavy (non-hydrogen) atoms. The number of nitrogens with one attached hydrogen (secondary N) is 1. The summed E-state index contributed by atoms with van der Waals surface area (Å²) in [6, 6.07) is 25.9. The number of rotatable bonds is 6. The maximum atomic E-state index is 15.6. The fourth-order valence-electron chi connectivity index (χ4n) is 5.41. The van der Waals surface area contributed by atoms with Crippen molar-refractivity contribution < 1.29 is 8.78 Å². The maximum Gasteiger partial charge on any atom is 0.299 e. The number of benzene rings is 3. The Kier molecular flexibility index (Phi) is 6.72. The quantitative estimate of drug-likeness (QED) is 0.254. The minimum atomic E-state index is -3.08. The molecule has 2 aliphatic rings. The van der Waals surface area contributed by atoms with E-state index in [0.29, 0.717) is 17.0 Å². The average Bonchev–Trinajstić information content (AvgIpc) is 3.23. The molecule has 2 heterocycles. The number of nitrogens with zero attached hydrogens (tertiary/aromatic N) is 2. The molecule has 4 aromatic rings. The minimum absolute atomic E-state index is 0.0108. The van der Waals surface area contributed by atoms with Gasteiger partial charge in [0.05, 0.1) is 17.4 Å². The Bertz CT molecular complexity index is 1680. The van der Waals surface area contributed by atoms with Gasteiger partial charge in [0.25, 0.3) is 5.92 Å². The number of hydrogen-bond donors (Lipinski definition) is 1. The van der Waals surface area contributed by atoms with Crippen LogP contribution in [0.15, 0.2) is 132 Å². The number of hydrogen-bond acceptors (Lipinski definition) is 3. The number of allylic oxidation sites excluding steroid dienone is 3. The SMILES string of the molecule is C/C=C\C(=C/CC)C1=CC(c2ccccc2)NC(c2ccc3c(c2)-c2cc(-c4ccccn4)ccc2C3(F)F)=N1. The standard InChI is InChI=1S/C35H29F2N3/c1-3-10-23(11-4-2)32-22-33(24-12-6-5-7-13-24)40-34(39-32)26-16-18-30-28(21-26)27-20-25(31-14-8-9-19-38-31)15-17-29(27)35(30,36)37/h3,5-22,33H,4H2,1-2H3,(H,39,40)/b10-3-,23-11+. The summed E-state index contributed by atoms with van der Waals surface area (Å²) < 4.78 is 31.1. The van der Waals surface area contributed by atoms with E-state index in [1.807, 2.05) is 61.5 Å². The summed E-state index contributed by atoms with van der Waals surface area (Å²) >= 11 is 0. The number of aliphatic imine (C=N–C) groups is 1. The van der Waals surface area contributed by atoms with Crippen LogP contribution < -0.4 is 5.32 Å². The number of fused-ring (bicyclic) bond motifs is 3. The van der Waals surface area contributed by atoms with E-state index in [2.05, 4.69) is 47.6 Å². The van der Waals surface area contributed by atoms with Crippen molar-refractivity contribution in [2.24, 2.45) is 4.99 Å². The third kappa shape index (κ3) is 4.58. The van der Waals surface area contributed by atoms with Crippen molar-refractivity contribution in [1.82, 2.24) is 10.3 Å². The highest BCUT2D eigenvalue weighted by Crippen LogP contribution is 2.52. The molecule has 0 saturated carbocycles. The number of alkyl halides is 2. The van der Waals surface area contributed by atoms with Crippen molar-refractivity contribution in [2.45, 2.75) is 32.2 Å². The predicted molar refractivity (Wildman–Crippen MR) is 158 cm³/mol. The van der Waals surface area contributed by atoms with Crippen LogP contribution in [0, 0.1) is 0 Å². The summed E-state index contributed by atoms with van der Waals surface area (Å²) in [6.45, 7) is 4.09. The lowest BCUT2D eigenvalue weighted by molar-refractivity contribution is 0.0480. The molecular weight excluding hydrogens is 500 g/mol. The van der Waals surface area contributed by atoms with E-state index in [1.54, 1.807) is 24.4 Å². The number of aromatic nitrogens is 1. The van der Waals surface area contributed by atoms with Gasteiger partial charge >= 0.3 is 0 Å². The molecule has 0 spiro atoms. The lowest BCUT2D eigenvalue weighted by atomic mass is 9.97. The fourth-order valence-corrected chi connectivity index (χ4v) is 5.41. The molecule has 5 heteroatoms. The zero-order valence-electron chi connectivity index (χ0n) is 22.4. The van der Waals surface area contributed by atoms with Crippen molar-refractivity contribution in [3.63, 3.8) is 0 Å². The summed E-state index contributed by atoms with van der Waals surface area (Å²) in [5.74, 6) is -2.42. The lowest BCUT2D eigenvalue weighted by Crippen LogP contribution is -2.31. The van der Waals surface area contributed by atoms with Crippen LogP contribution in [0.2, 0.25) is 0 Å². The largest absolute Gasteiger partial charge is 0.359 e. The van der Waals surface area contributed by atoms with Crippen LogP contribution in [0.3, 0.4) is 0 Å². The van der Waals surface area contributed by atoms with E-state index >= 15 is 8.78 Å². The maximum absolute atomic E-state index is 15.6.